The lowest BCUT2D eigenvalue weighted by Gasteiger charge is -2.28. The van der Waals surface area contributed by atoms with Crippen molar-refractivity contribution in [3.63, 3.8) is 0 Å². The summed E-state index contributed by atoms with van der Waals surface area (Å²) < 4.78 is 67.2. The summed E-state index contributed by atoms with van der Waals surface area (Å²) in [5, 5.41) is 31.5. The number of fused-ring (bicyclic) bond motifs is 1. The number of carbonyl (C=O) groups excluding carboxylic acids is 1. The summed E-state index contributed by atoms with van der Waals surface area (Å²) in [6, 6.07) is 0. The summed E-state index contributed by atoms with van der Waals surface area (Å²) in [6.45, 7) is -2.02. The standard InChI is InChI=1S/C21H30N7O17P3/c22-17-12-19(25-7-24-17)28(8-26-12)21-16(44-46(33,34)35)14(30)11(43-21)6-41-48(38,39)45-47(36,37)40-5-10-13(29)15(31)20(42-10)27-3-1-2-9(4-27)18(23)32/h1,3-4,7-8,10-11,13-16,20-21,29-31H,2,5-6H2,(H2,23,32)(H,36,37)(H,38,39)(H2,22,24,25)(H2,33,34,35)/t10-,11+,13-,14+,15-,16+,20-,21+/m1/s1. The van der Waals surface area contributed by atoms with Gasteiger partial charge in [0.05, 0.1) is 19.5 Å². The van der Waals surface area contributed by atoms with E-state index in [4.69, 9.17) is 30.0 Å². The number of ether oxygens (including phenoxy) is 2. The molecule has 3 aliphatic rings. The minimum Gasteiger partial charge on any atom is -0.387 e. The van der Waals surface area contributed by atoms with E-state index in [1.165, 1.54) is 23.4 Å². The number of hydrogen-bond acceptors (Lipinski definition) is 18. The number of aliphatic hydroxyl groups is 3. The van der Waals surface area contributed by atoms with Crippen molar-refractivity contribution in [2.75, 3.05) is 18.9 Å². The van der Waals surface area contributed by atoms with Gasteiger partial charge in [-0.2, -0.15) is 4.31 Å². The van der Waals surface area contributed by atoms with E-state index >= 15 is 0 Å². The number of aliphatic hydroxyl groups excluding tert-OH is 3. The van der Waals surface area contributed by atoms with Crippen molar-refractivity contribution in [3.05, 3.63) is 36.7 Å². The Balaban J connectivity index is 1.20. The van der Waals surface area contributed by atoms with Crippen molar-refractivity contribution >= 4 is 46.4 Å². The zero-order valence-corrected chi connectivity index (χ0v) is 26.8. The number of hydrogen-bond donors (Lipinski definition) is 9. The van der Waals surface area contributed by atoms with E-state index in [2.05, 4.69) is 23.8 Å². The summed E-state index contributed by atoms with van der Waals surface area (Å²) in [5.74, 6) is -0.791. The number of amides is 1. The van der Waals surface area contributed by atoms with Crippen LogP contribution in [0.2, 0.25) is 0 Å². The lowest BCUT2D eigenvalue weighted by molar-refractivity contribution is -0.115. The van der Waals surface area contributed by atoms with Gasteiger partial charge in [0, 0.05) is 18.0 Å². The van der Waals surface area contributed by atoms with E-state index in [0.29, 0.717) is 0 Å². The number of anilines is 1. The quantitative estimate of drug-likeness (QED) is 0.0951. The van der Waals surface area contributed by atoms with Gasteiger partial charge >= 0.3 is 23.5 Å². The third-order valence-electron chi connectivity index (χ3n) is 7.11. The van der Waals surface area contributed by atoms with Gasteiger partial charge in [-0.1, -0.05) is 6.08 Å². The number of nitrogens with two attached hydrogens (primary N) is 2. The molecule has 5 heterocycles. The number of phosphoric ester groups is 3. The van der Waals surface area contributed by atoms with Crippen molar-refractivity contribution in [3.8, 4) is 0 Å². The molecule has 0 radical (unpaired) electrons. The van der Waals surface area contributed by atoms with E-state index in [1.54, 1.807) is 0 Å². The molecule has 0 spiro atoms. The second-order valence-corrected chi connectivity index (χ2v) is 14.6. The highest BCUT2D eigenvalue weighted by molar-refractivity contribution is 7.61. The van der Waals surface area contributed by atoms with Crippen LogP contribution in [-0.2, 0) is 45.8 Å². The maximum atomic E-state index is 12.6. The van der Waals surface area contributed by atoms with Crippen LogP contribution in [0.25, 0.3) is 11.2 Å². The predicted molar refractivity (Wildman–Crippen MR) is 153 cm³/mol. The van der Waals surface area contributed by atoms with Gasteiger partial charge in [0.15, 0.2) is 23.9 Å². The smallest absolute Gasteiger partial charge is 0.387 e. The van der Waals surface area contributed by atoms with Crippen LogP contribution in [0.4, 0.5) is 5.82 Å². The van der Waals surface area contributed by atoms with Crippen molar-refractivity contribution in [2.24, 2.45) is 5.73 Å². The Hall–Kier alpha value is -2.73. The number of imidazole rings is 1. The van der Waals surface area contributed by atoms with Crippen LogP contribution in [0.3, 0.4) is 0 Å². The van der Waals surface area contributed by atoms with Gasteiger partial charge in [-0.3, -0.25) is 22.9 Å². The van der Waals surface area contributed by atoms with E-state index in [9.17, 15) is 53.4 Å². The van der Waals surface area contributed by atoms with Crippen LogP contribution >= 0.6 is 23.5 Å². The first-order chi connectivity index (χ1) is 22.4. The molecule has 0 aliphatic carbocycles. The number of nitrogen functional groups attached to an aromatic ring is 1. The molecule has 2 aromatic rings. The van der Waals surface area contributed by atoms with Gasteiger partial charge in [0.25, 0.3) is 0 Å². The van der Waals surface area contributed by atoms with E-state index in [-0.39, 0.29) is 29.0 Å². The summed E-state index contributed by atoms with van der Waals surface area (Å²) in [6.07, 6.45) is -6.47. The third-order valence-corrected chi connectivity index (χ3v) is 10.2. The average molecular weight is 745 g/mol. The van der Waals surface area contributed by atoms with Crippen molar-refractivity contribution in [2.45, 2.75) is 55.5 Å². The average Bonchev–Trinajstić information content (AvgIpc) is 3.64. The van der Waals surface area contributed by atoms with Gasteiger partial charge in [0.1, 0.15) is 48.5 Å². The molecule has 27 heteroatoms. The lowest BCUT2D eigenvalue weighted by Crippen LogP contribution is -2.40. The molecule has 2 aromatic heterocycles. The van der Waals surface area contributed by atoms with Crippen LogP contribution in [0.1, 0.15) is 12.6 Å². The number of rotatable bonds is 13. The molecule has 0 bridgehead atoms. The molecule has 48 heavy (non-hydrogen) atoms. The third kappa shape index (κ3) is 8.17. The first-order valence-electron chi connectivity index (χ1n) is 13.5. The second kappa shape index (κ2) is 13.9. The molecule has 0 aromatic carbocycles. The Kier molecular flexibility index (Phi) is 10.6. The fraction of sp³-hybridized carbons (Fsp3) is 0.524. The van der Waals surface area contributed by atoms with Crippen molar-refractivity contribution in [1.29, 1.82) is 0 Å². The van der Waals surface area contributed by atoms with Crippen molar-refractivity contribution in [1.82, 2.24) is 24.4 Å². The van der Waals surface area contributed by atoms with E-state index in [0.717, 1.165) is 17.2 Å². The summed E-state index contributed by atoms with van der Waals surface area (Å²) in [7, 11) is -16.3. The molecule has 2 fully saturated rings. The zero-order chi connectivity index (χ0) is 35.2. The van der Waals surface area contributed by atoms with Crippen LogP contribution in [0.15, 0.2) is 36.7 Å². The highest BCUT2D eigenvalue weighted by atomic mass is 31.3. The SMILES string of the molecule is NC(=O)C1=CN([C@@H]2O[C@H](COP(=O)(O)OP(=O)(O)OC[C@@H]3O[C@H](n4cnc5c(N)ncnc54)[C@@H](OP(=O)(O)O)[C@H]3O)[C@@H](O)[C@H]2O)C=CC1. The number of nitrogens with zero attached hydrogens (tertiary/aromatic N) is 5. The first kappa shape index (κ1) is 36.5. The highest BCUT2D eigenvalue weighted by Gasteiger charge is 2.51. The number of carbonyl (C=O) groups is 1. The number of allylic oxidation sites excluding steroid dienone is 1. The van der Waals surface area contributed by atoms with Gasteiger partial charge in [0.2, 0.25) is 5.91 Å². The minimum atomic E-state index is -5.52. The van der Waals surface area contributed by atoms with Crippen LogP contribution in [0, 0.1) is 0 Å². The van der Waals surface area contributed by atoms with Crippen molar-refractivity contribution < 1.29 is 80.7 Å². The molecule has 5 rings (SSSR count). The molecule has 3 aliphatic heterocycles. The normalized spacial score (nSPS) is 31.9. The molecule has 2 unspecified atom stereocenters. The molecule has 1 amide bonds. The van der Waals surface area contributed by atoms with Crippen LogP contribution < -0.4 is 11.5 Å². The minimum absolute atomic E-state index is 0.00424. The molecule has 11 N–H and O–H groups in total. The maximum Gasteiger partial charge on any atom is 0.481 e. The second-order valence-electron chi connectivity index (χ2n) is 10.4. The number of primary amides is 1. The van der Waals surface area contributed by atoms with Crippen LogP contribution in [0.5, 0.6) is 0 Å². The van der Waals surface area contributed by atoms with Gasteiger partial charge < -0.3 is 60.7 Å². The lowest BCUT2D eigenvalue weighted by atomic mass is 10.1. The molecule has 0 saturated carbocycles. The highest BCUT2D eigenvalue weighted by Crippen LogP contribution is 2.61. The van der Waals surface area contributed by atoms with Gasteiger partial charge in [-0.05, 0) is 6.42 Å². The van der Waals surface area contributed by atoms with E-state index in [1.807, 2.05) is 0 Å². The molecule has 10 atom stereocenters. The fourth-order valence-corrected chi connectivity index (χ4v) is 7.57. The Morgan fingerprint density at radius 1 is 0.938 bits per heavy atom. The Morgan fingerprint density at radius 3 is 2.19 bits per heavy atom. The number of phosphoric acid groups is 3. The fourth-order valence-electron chi connectivity index (χ4n) is 4.93. The van der Waals surface area contributed by atoms with Crippen LogP contribution in [-0.4, -0.2) is 121 Å². The Labute approximate surface area is 268 Å². The first-order valence-corrected chi connectivity index (χ1v) is 18.0. The van der Waals surface area contributed by atoms with E-state index < -0.39 is 91.7 Å². The largest absolute Gasteiger partial charge is 0.481 e. The summed E-state index contributed by atoms with van der Waals surface area (Å²) in [4.78, 5) is 63.4. The maximum absolute atomic E-state index is 12.6. The Bertz CT molecular complexity index is 1740. The molecule has 266 valence electrons. The van der Waals surface area contributed by atoms with Gasteiger partial charge in [-0.15, -0.1) is 0 Å². The van der Waals surface area contributed by atoms with Gasteiger partial charge in [-0.25, -0.2) is 28.6 Å². The monoisotopic (exact) mass is 745 g/mol. The molecular weight excluding hydrogens is 715 g/mol. The summed E-state index contributed by atoms with van der Waals surface area (Å²) in [5.41, 5.74) is 11.3. The topological polar surface area (TPSA) is 364 Å². The molecular formula is C21H30N7O17P3. The molecule has 24 nitrogen and oxygen atoms in total. The number of aromatic nitrogens is 4. The summed E-state index contributed by atoms with van der Waals surface area (Å²) >= 11 is 0. The predicted octanol–water partition coefficient (Wildman–Crippen LogP) is -2.57. The Morgan fingerprint density at radius 2 is 1.56 bits per heavy atom. The zero-order valence-electron chi connectivity index (χ0n) is 24.1. The molecule has 2 saturated heterocycles.